The zero-order valence-electron chi connectivity index (χ0n) is 13.0. The second-order valence-corrected chi connectivity index (χ2v) is 6.81. The van der Waals surface area contributed by atoms with Crippen molar-refractivity contribution < 1.29 is 4.79 Å². The molecule has 120 valence electrons. The average molecular weight is 331 g/mol. The SMILES string of the molecule is CN(Cc1n[nH]c2c1CCC2)C(=O)[C@@H]1Cc2cc(Cl)ccc2N1. The molecule has 0 radical (unpaired) electrons. The Hall–Kier alpha value is -2.01. The number of hydrogen-bond acceptors (Lipinski definition) is 3. The van der Waals surface area contributed by atoms with Gasteiger partial charge in [-0.1, -0.05) is 11.6 Å². The Labute approximate surface area is 140 Å². The summed E-state index contributed by atoms with van der Waals surface area (Å²) >= 11 is 6.03. The second-order valence-electron chi connectivity index (χ2n) is 6.38. The van der Waals surface area contributed by atoms with Gasteiger partial charge in [-0.15, -0.1) is 0 Å². The molecule has 0 spiro atoms. The molecule has 0 saturated heterocycles. The zero-order valence-corrected chi connectivity index (χ0v) is 13.8. The fourth-order valence-electron chi connectivity index (χ4n) is 3.57. The highest BCUT2D eigenvalue weighted by molar-refractivity contribution is 6.30. The number of nitrogens with one attached hydrogen (secondary N) is 2. The number of aromatic amines is 1. The van der Waals surface area contributed by atoms with E-state index in [9.17, 15) is 4.79 Å². The lowest BCUT2D eigenvalue weighted by molar-refractivity contribution is -0.131. The first-order chi connectivity index (χ1) is 11.1. The van der Waals surface area contributed by atoms with Gasteiger partial charge in [0, 0.05) is 29.9 Å². The van der Waals surface area contributed by atoms with Crippen molar-refractivity contribution in [1.82, 2.24) is 15.1 Å². The largest absolute Gasteiger partial charge is 0.373 e. The van der Waals surface area contributed by atoms with Crippen LogP contribution in [0.2, 0.25) is 5.02 Å². The molecule has 1 aliphatic carbocycles. The van der Waals surface area contributed by atoms with Gasteiger partial charge >= 0.3 is 0 Å². The third-order valence-electron chi connectivity index (χ3n) is 4.77. The maximum absolute atomic E-state index is 12.7. The third kappa shape index (κ3) is 2.59. The highest BCUT2D eigenvalue weighted by Crippen LogP contribution is 2.29. The first kappa shape index (κ1) is 14.6. The van der Waals surface area contributed by atoms with E-state index < -0.39 is 0 Å². The second kappa shape index (κ2) is 5.57. The van der Waals surface area contributed by atoms with Crippen LogP contribution < -0.4 is 5.32 Å². The van der Waals surface area contributed by atoms with E-state index in [-0.39, 0.29) is 11.9 Å². The van der Waals surface area contributed by atoms with Crippen LogP contribution in [0.15, 0.2) is 18.2 Å². The molecule has 1 amide bonds. The van der Waals surface area contributed by atoms with Gasteiger partial charge in [-0.25, -0.2) is 0 Å². The molecule has 6 heteroatoms. The molecule has 4 rings (SSSR count). The first-order valence-corrected chi connectivity index (χ1v) is 8.34. The van der Waals surface area contributed by atoms with Gasteiger partial charge in [0.25, 0.3) is 0 Å². The fraction of sp³-hybridized carbons (Fsp3) is 0.412. The van der Waals surface area contributed by atoms with Crippen molar-refractivity contribution in [1.29, 1.82) is 0 Å². The molecule has 0 unspecified atom stereocenters. The van der Waals surface area contributed by atoms with Crippen molar-refractivity contribution in [3.05, 3.63) is 45.7 Å². The summed E-state index contributed by atoms with van der Waals surface area (Å²) in [6.07, 6.45) is 3.99. The van der Waals surface area contributed by atoms with Crippen molar-refractivity contribution in [3.63, 3.8) is 0 Å². The Morgan fingerprint density at radius 2 is 2.30 bits per heavy atom. The predicted octanol–water partition coefficient (Wildman–Crippen LogP) is 2.55. The number of H-pyrrole nitrogens is 1. The lowest BCUT2D eigenvalue weighted by Gasteiger charge is -2.21. The van der Waals surface area contributed by atoms with Gasteiger partial charge in [-0.3, -0.25) is 9.89 Å². The van der Waals surface area contributed by atoms with Crippen LogP contribution in [0.4, 0.5) is 5.69 Å². The van der Waals surface area contributed by atoms with Crippen molar-refractivity contribution in [3.8, 4) is 0 Å². The lowest BCUT2D eigenvalue weighted by atomic mass is 10.1. The highest BCUT2D eigenvalue weighted by Gasteiger charge is 2.30. The minimum Gasteiger partial charge on any atom is -0.373 e. The van der Waals surface area contributed by atoms with Crippen LogP contribution in [0.3, 0.4) is 0 Å². The van der Waals surface area contributed by atoms with Gasteiger partial charge < -0.3 is 10.2 Å². The molecular weight excluding hydrogens is 312 g/mol. The van der Waals surface area contributed by atoms with Crippen LogP contribution in [0.25, 0.3) is 0 Å². The number of aryl methyl sites for hydroxylation is 1. The highest BCUT2D eigenvalue weighted by atomic mass is 35.5. The number of carbonyl (C=O) groups is 1. The Bertz CT molecular complexity index is 770. The van der Waals surface area contributed by atoms with Crippen LogP contribution in [0.5, 0.6) is 0 Å². The fourth-order valence-corrected chi connectivity index (χ4v) is 3.76. The summed E-state index contributed by atoms with van der Waals surface area (Å²) < 4.78 is 0. The van der Waals surface area contributed by atoms with Crippen molar-refractivity contribution in [2.75, 3.05) is 12.4 Å². The van der Waals surface area contributed by atoms with E-state index in [1.54, 1.807) is 4.90 Å². The number of hydrogen-bond donors (Lipinski definition) is 2. The summed E-state index contributed by atoms with van der Waals surface area (Å²) in [7, 11) is 1.84. The van der Waals surface area contributed by atoms with Crippen LogP contribution in [-0.2, 0) is 30.6 Å². The number of nitrogens with zero attached hydrogens (tertiary/aromatic N) is 2. The minimum absolute atomic E-state index is 0.0899. The first-order valence-electron chi connectivity index (χ1n) is 7.97. The summed E-state index contributed by atoms with van der Waals surface area (Å²) in [5, 5.41) is 11.5. The summed E-state index contributed by atoms with van der Waals surface area (Å²) in [6.45, 7) is 0.556. The van der Waals surface area contributed by atoms with Gasteiger partial charge in [0.15, 0.2) is 0 Å². The molecule has 23 heavy (non-hydrogen) atoms. The smallest absolute Gasteiger partial charge is 0.245 e. The van der Waals surface area contributed by atoms with Crippen LogP contribution in [-0.4, -0.2) is 34.1 Å². The Morgan fingerprint density at radius 1 is 1.43 bits per heavy atom. The number of amides is 1. The van der Waals surface area contributed by atoms with E-state index in [1.165, 1.54) is 17.7 Å². The third-order valence-corrected chi connectivity index (χ3v) is 5.01. The van der Waals surface area contributed by atoms with Gasteiger partial charge in [0.2, 0.25) is 5.91 Å². The van der Waals surface area contributed by atoms with E-state index in [0.29, 0.717) is 18.0 Å². The number of likely N-dealkylation sites (N-methyl/N-ethyl adjacent to an activating group) is 1. The maximum atomic E-state index is 12.7. The Balaban J connectivity index is 1.45. The molecule has 1 aromatic heterocycles. The van der Waals surface area contributed by atoms with Gasteiger partial charge in [0.1, 0.15) is 6.04 Å². The molecular formula is C17H19ClN4O. The molecule has 2 heterocycles. The molecule has 1 atom stereocenters. The van der Waals surface area contributed by atoms with E-state index >= 15 is 0 Å². The topological polar surface area (TPSA) is 61.0 Å². The maximum Gasteiger partial charge on any atom is 0.245 e. The van der Waals surface area contributed by atoms with Gasteiger partial charge in [-0.05, 0) is 48.6 Å². The van der Waals surface area contributed by atoms with Crippen molar-refractivity contribution in [2.24, 2.45) is 0 Å². The number of halogens is 1. The van der Waals surface area contributed by atoms with E-state index in [2.05, 4.69) is 15.5 Å². The van der Waals surface area contributed by atoms with Crippen LogP contribution in [0.1, 0.15) is 28.9 Å². The molecule has 1 aromatic carbocycles. The average Bonchev–Trinajstić information content (AvgIpc) is 3.22. The summed E-state index contributed by atoms with van der Waals surface area (Å²) in [5.74, 6) is 0.0899. The zero-order chi connectivity index (χ0) is 16.0. The number of rotatable bonds is 3. The molecule has 2 N–H and O–H groups in total. The number of carbonyl (C=O) groups excluding carboxylic acids is 1. The number of benzene rings is 1. The number of anilines is 1. The normalized spacial score (nSPS) is 18.4. The Kier molecular flexibility index (Phi) is 3.53. The van der Waals surface area contributed by atoms with E-state index in [1.807, 2.05) is 25.2 Å². The molecule has 0 saturated carbocycles. The molecule has 1 aliphatic heterocycles. The van der Waals surface area contributed by atoms with Gasteiger partial charge in [-0.2, -0.15) is 5.10 Å². The van der Waals surface area contributed by atoms with E-state index in [4.69, 9.17) is 11.6 Å². The standard InChI is InChI=1S/C17H19ClN4O/c1-22(9-16-12-3-2-4-14(12)20-21-16)17(23)15-8-10-7-11(18)5-6-13(10)19-15/h5-7,15,19H,2-4,8-9H2,1H3,(H,20,21)/t15-/m0/s1. The molecule has 2 aromatic rings. The van der Waals surface area contributed by atoms with Gasteiger partial charge in [0.05, 0.1) is 12.2 Å². The number of fused-ring (bicyclic) bond motifs is 2. The minimum atomic E-state index is -0.222. The molecule has 2 aliphatic rings. The Morgan fingerprint density at radius 3 is 3.17 bits per heavy atom. The summed E-state index contributed by atoms with van der Waals surface area (Å²) in [6, 6.07) is 5.49. The van der Waals surface area contributed by atoms with E-state index in [0.717, 1.165) is 29.8 Å². The molecule has 5 nitrogen and oxygen atoms in total. The summed E-state index contributed by atoms with van der Waals surface area (Å²) in [4.78, 5) is 14.5. The van der Waals surface area contributed by atoms with Crippen molar-refractivity contribution in [2.45, 2.75) is 38.3 Å². The number of aromatic nitrogens is 2. The predicted molar refractivity (Wildman–Crippen MR) is 89.7 cm³/mol. The van der Waals surface area contributed by atoms with Crippen molar-refractivity contribution >= 4 is 23.2 Å². The molecule has 0 fully saturated rings. The summed E-state index contributed by atoms with van der Waals surface area (Å²) in [5.41, 5.74) is 5.65. The van der Waals surface area contributed by atoms with Crippen LogP contribution >= 0.6 is 11.6 Å². The quantitative estimate of drug-likeness (QED) is 0.909. The molecule has 0 bridgehead atoms. The van der Waals surface area contributed by atoms with Crippen LogP contribution in [0, 0.1) is 0 Å². The monoisotopic (exact) mass is 330 g/mol. The lowest BCUT2D eigenvalue weighted by Crippen LogP contribution is -2.39.